The smallest absolute Gasteiger partial charge is 0.246 e. The number of nitrogens with one attached hydrogen (secondary N) is 3. The molecule has 1 aliphatic heterocycles. The van der Waals surface area contributed by atoms with Crippen LogP contribution in [0.25, 0.3) is 0 Å². The van der Waals surface area contributed by atoms with E-state index in [4.69, 9.17) is 0 Å². The molecule has 29 heavy (non-hydrogen) atoms. The predicted octanol–water partition coefficient (Wildman–Crippen LogP) is 3.19. The highest BCUT2D eigenvalue weighted by atomic mass is 32.2. The topological polar surface area (TPSA) is 70.2 Å². The minimum absolute atomic E-state index is 0.124. The summed E-state index contributed by atoms with van der Waals surface area (Å²) in [4.78, 5) is 25.8. The minimum Gasteiger partial charge on any atom is -0.343 e. The predicted molar refractivity (Wildman–Crippen MR) is 120 cm³/mol. The quantitative estimate of drug-likeness (QED) is 0.654. The highest BCUT2D eigenvalue weighted by molar-refractivity contribution is 7.98. The van der Waals surface area contributed by atoms with Crippen molar-refractivity contribution in [2.75, 3.05) is 17.3 Å². The van der Waals surface area contributed by atoms with E-state index in [2.05, 4.69) is 34.1 Å². The van der Waals surface area contributed by atoms with Gasteiger partial charge in [0.15, 0.2) is 0 Å². The van der Waals surface area contributed by atoms with Gasteiger partial charge in [0.05, 0.1) is 6.04 Å². The Balaban J connectivity index is 1.66. The third-order valence-electron chi connectivity index (χ3n) is 5.13. The van der Waals surface area contributed by atoms with Crippen LogP contribution < -0.4 is 16.0 Å². The van der Waals surface area contributed by atoms with E-state index in [1.165, 1.54) is 11.1 Å². The van der Waals surface area contributed by atoms with Gasteiger partial charge < -0.3 is 16.0 Å². The van der Waals surface area contributed by atoms with Crippen molar-refractivity contribution in [1.29, 1.82) is 0 Å². The Bertz CT molecular complexity index is 864. The lowest BCUT2D eigenvalue weighted by molar-refractivity contribution is -0.128. The normalized spacial score (nSPS) is 16.6. The van der Waals surface area contributed by atoms with Gasteiger partial charge in [-0.3, -0.25) is 9.59 Å². The van der Waals surface area contributed by atoms with Gasteiger partial charge in [-0.05, 0) is 73.1 Å². The summed E-state index contributed by atoms with van der Waals surface area (Å²) >= 11 is 1.67. The number of rotatable bonds is 7. The van der Waals surface area contributed by atoms with Crippen LogP contribution in [0.2, 0.25) is 0 Å². The van der Waals surface area contributed by atoms with E-state index in [-0.39, 0.29) is 17.9 Å². The number of carbonyl (C=O) groups is 2. The van der Waals surface area contributed by atoms with Gasteiger partial charge in [-0.2, -0.15) is 11.8 Å². The zero-order chi connectivity index (χ0) is 20.8. The lowest BCUT2D eigenvalue weighted by atomic mass is 9.95. The molecule has 5 nitrogen and oxygen atoms in total. The van der Waals surface area contributed by atoms with Gasteiger partial charge in [0.25, 0.3) is 0 Å². The molecule has 6 heteroatoms. The first-order valence-corrected chi connectivity index (χ1v) is 11.3. The maximum Gasteiger partial charge on any atom is 0.246 e. The van der Waals surface area contributed by atoms with E-state index in [1.807, 2.05) is 44.4 Å². The van der Waals surface area contributed by atoms with E-state index < -0.39 is 6.04 Å². The van der Waals surface area contributed by atoms with Crippen molar-refractivity contribution >= 4 is 29.3 Å². The number of fused-ring (bicyclic) bond motifs is 1. The highest BCUT2D eigenvalue weighted by Gasteiger charge is 2.28. The molecule has 0 aromatic heterocycles. The van der Waals surface area contributed by atoms with E-state index in [0.29, 0.717) is 19.4 Å². The molecule has 0 saturated carbocycles. The van der Waals surface area contributed by atoms with Crippen LogP contribution in [0.4, 0.5) is 5.69 Å². The van der Waals surface area contributed by atoms with Crippen molar-refractivity contribution in [3.63, 3.8) is 0 Å². The number of aryl methyl sites for hydroxylation is 2. The molecule has 0 fully saturated rings. The zero-order valence-electron chi connectivity index (χ0n) is 17.2. The SMILES string of the molecule is CSCC[C@@H](NC(=O)[C@@H]1Cc2ccccc2CN1)C(=O)Nc1cc(C)cc(C)c1. The first kappa shape index (κ1) is 21.4. The van der Waals surface area contributed by atoms with E-state index in [0.717, 1.165) is 22.6 Å². The largest absolute Gasteiger partial charge is 0.343 e. The molecular formula is C23H29N3O2S. The fourth-order valence-corrected chi connectivity index (χ4v) is 4.16. The molecule has 0 saturated heterocycles. The number of amides is 2. The molecule has 2 amide bonds. The summed E-state index contributed by atoms with van der Waals surface area (Å²) in [5.74, 6) is 0.501. The molecule has 0 radical (unpaired) electrons. The Labute approximate surface area is 177 Å². The number of benzene rings is 2. The summed E-state index contributed by atoms with van der Waals surface area (Å²) in [6.45, 7) is 4.67. The summed E-state index contributed by atoms with van der Waals surface area (Å²) in [7, 11) is 0. The molecule has 3 N–H and O–H groups in total. The van der Waals surface area contributed by atoms with Crippen LogP contribution in [0.5, 0.6) is 0 Å². The van der Waals surface area contributed by atoms with Crippen LogP contribution in [0.1, 0.15) is 28.7 Å². The Kier molecular flexibility index (Phi) is 7.34. The maximum atomic E-state index is 12.9. The fourth-order valence-electron chi connectivity index (χ4n) is 3.69. The van der Waals surface area contributed by atoms with Crippen LogP contribution in [0, 0.1) is 13.8 Å². The third-order valence-corrected chi connectivity index (χ3v) is 5.77. The highest BCUT2D eigenvalue weighted by Crippen LogP contribution is 2.17. The van der Waals surface area contributed by atoms with Crippen molar-refractivity contribution < 1.29 is 9.59 Å². The molecule has 3 rings (SSSR count). The standard InChI is InChI=1S/C23H29N3O2S/c1-15-10-16(2)12-19(11-15)25-22(27)20(8-9-29-3)26-23(28)21-13-17-6-4-5-7-18(17)14-24-21/h4-7,10-12,20-21,24H,8-9,13-14H2,1-3H3,(H,25,27)(H,26,28)/t20-,21+/m1/s1. The molecule has 0 unspecified atom stereocenters. The van der Waals surface area contributed by atoms with E-state index >= 15 is 0 Å². The lowest BCUT2D eigenvalue weighted by Gasteiger charge is -2.27. The van der Waals surface area contributed by atoms with Gasteiger partial charge in [0.2, 0.25) is 11.8 Å². The number of carbonyl (C=O) groups excluding carboxylic acids is 2. The van der Waals surface area contributed by atoms with E-state index in [1.54, 1.807) is 11.8 Å². The van der Waals surface area contributed by atoms with Gasteiger partial charge >= 0.3 is 0 Å². The van der Waals surface area contributed by atoms with Crippen molar-refractivity contribution in [3.05, 3.63) is 64.7 Å². The summed E-state index contributed by atoms with van der Waals surface area (Å²) in [6, 6.07) is 13.2. The van der Waals surface area contributed by atoms with E-state index in [9.17, 15) is 9.59 Å². The summed E-state index contributed by atoms with van der Waals surface area (Å²) < 4.78 is 0. The first-order chi connectivity index (χ1) is 14.0. The Morgan fingerprint density at radius 1 is 1.14 bits per heavy atom. The fraction of sp³-hybridized carbons (Fsp3) is 0.391. The number of hydrogen-bond acceptors (Lipinski definition) is 4. The monoisotopic (exact) mass is 411 g/mol. The Hall–Kier alpha value is -2.31. The van der Waals surface area contributed by atoms with Crippen LogP contribution in [-0.4, -0.2) is 35.9 Å². The Morgan fingerprint density at radius 3 is 2.52 bits per heavy atom. The Morgan fingerprint density at radius 2 is 1.83 bits per heavy atom. The molecule has 2 aromatic carbocycles. The molecule has 2 aromatic rings. The average Bonchev–Trinajstić information content (AvgIpc) is 2.69. The van der Waals surface area contributed by atoms with Crippen molar-refractivity contribution in [2.45, 2.75) is 45.3 Å². The minimum atomic E-state index is -0.560. The van der Waals surface area contributed by atoms with Gasteiger partial charge in [0, 0.05) is 12.2 Å². The second-order valence-electron chi connectivity index (χ2n) is 7.61. The number of anilines is 1. The lowest BCUT2D eigenvalue weighted by Crippen LogP contribution is -2.53. The molecule has 1 aliphatic rings. The van der Waals surface area contributed by atoms with Crippen LogP contribution in [0.3, 0.4) is 0 Å². The van der Waals surface area contributed by atoms with Crippen LogP contribution in [0.15, 0.2) is 42.5 Å². The molecule has 154 valence electrons. The maximum absolute atomic E-state index is 12.9. The average molecular weight is 412 g/mol. The van der Waals surface area contributed by atoms with Crippen LogP contribution >= 0.6 is 11.8 Å². The molecular weight excluding hydrogens is 382 g/mol. The third kappa shape index (κ3) is 5.84. The molecule has 1 heterocycles. The molecule has 0 spiro atoms. The van der Waals surface area contributed by atoms with Crippen LogP contribution in [-0.2, 0) is 22.6 Å². The molecule has 0 bridgehead atoms. The summed E-state index contributed by atoms with van der Waals surface area (Å²) in [5, 5.41) is 9.24. The number of thioether (sulfide) groups is 1. The number of hydrogen-bond donors (Lipinski definition) is 3. The first-order valence-electron chi connectivity index (χ1n) is 9.95. The molecule has 0 aliphatic carbocycles. The second-order valence-corrected chi connectivity index (χ2v) is 8.60. The van der Waals surface area contributed by atoms with Crippen molar-refractivity contribution in [3.8, 4) is 0 Å². The van der Waals surface area contributed by atoms with Gasteiger partial charge in [0.1, 0.15) is 6.04 Å². The van der Waals surface area contributed by atoms with Crippen molar-refractivity contribution in [1.82, 2.24) is 10.6 Å². The van der Waals surface area contributed by atoms with Gasteiger partial charge in [-0.1, -0.05) is 30.3 Å². The second kappa shape index (κ2) is 9.94. The van der Waals surface area contributed by atoms with Gasteiger partial charge in [-0.15, -0.1) is 0 Å². The summed E-state index contributed by atoms with van der Waals surface area (Å²) in [5.41, 5.74) is 5.36. The molecule has 2 atom stereocenters. The van der Waals surface area contributed by atoms with Crippen molar-refractivity contribution in [2.24, 2.45) is 0 Å². The summed E-state index contributed by atoms with van der Waals surface area (Å²) in [6.07, 6.45) is 3.23. The van der Waals surface area contributed by atoms with Gasteiger partial charge in [-0.25, -0.2) is 0 Å². The zero-order valence-corrected chi connectivity index (χ0v) is 18.1.